The SMILES string of the molecule is CCCCCC1CCC(C2CCC(C(=O)Oc3ccc(CCC(F)(F)C(F)(F)C(F)(F)F)cc3)CC2)CC1. The lowest BCUT2D eigenvalue weighted by molar-refractivity contribution is -0.355. The summed E-state index contributed by atoms with van der Waals surface area (Å²) in [5.41, 5.74) is 0.142. The van der Waals surface area contributed by atoms with Gasteiger partial charge in [0.2, 0.25) is 0 Å². The first-order valence-corrected chi connectivity index (χ1v) is 14.0. The van der Waals surface area contributed by atoms with Crippen molar-refractivity contribution >= 4 is 5.97 Å². The lowest BCUT2D eigenvalue weighted by Crippen LogP contribution is -2.52. The molecule has 216 valence electrons. The molecule has 2 aliphatic rings. The number of benzene rings is 1. The number of unbranched alkanes of at least 4 members (excludes halogenated alkanes) is 2. The number of rotatable bonds is 11. The van der Waals surface area contributed by atoms with Crippen molar-refractivity contribution in [3.8, 4) is 5.75 Å². The predicted octanol–water partition coefficient (Wildman–Crippen LogP) is 9.55. The fourth-order valence-corrected chi connectivity index (χ4v) is 6.05. The van der Waals surface area contributed by atoms with Crippen molar-refractivity contribution < 1.29 is 40.3 Å². The van der Waals surface area contributed by atoms with Gasteiger partial charge in [0.05, 0.1) is 5.92 Å². The highest BCUT2D eigenvalue weighted by Crippen LogP contribution is 2.48. The van der Waals surface area contributed by atoms with Gasteiger partial charge in [0.15, 0.2) is 0 Å². The summed E-state index contributed by atoms with van der Waals surface area (Å²) in [6.07, 6.45) is 5.29. The van der Waals surface area contributed by atoms with E-state index in [1.165, 1.54) is 75.6 Å². The van der Waals surface area contributed by atoms with E-state index in [0.29, 0.717) is 5.92 Å². The number of carbonyl (C=O) groups is 1. The van der Waals surface area contributed by atoms with E-state index in [1.54, 1.807) is 0 Å². The Hall–Kier alpha value is -1.80. The van der Waals surface area contributed by atoms with Gasteiger partial charge in [-0.25, -0.2) is 0 Å². The van der Waals surface area contributed by atoms with E-state index in [0.717, 1.165) is 37.5 Å². The average Bonchev–Trinajstić information content (AvgIpc) is 2.88. The summed E-state index contributed by atoms with van der Waals surface area (Å²) in [6.45, 7) is 2.23. The Kier molecular flexibility index (Phi) is 10.5. The molecule has 0 N–H and O–H groups in total. The van der Waals surface area contributed by atoms with Crippen LogP contribution >= 0.6 is 0 Å². The first kappa shape index (κ1) is 30.7. The van der Waals surface area contributed by atoms with Crippen molar-refractivity contribution in [1.29, 1.82) is 0 Å². The first-order chi connectivity index (χ1) is 17.8. The van der Waals surface area contributed by atoms with Crippen LogP contribution in [0.3, 0.4) is 0 Å². The molecule has 0 aliphatic heterocycles. The summed E-state index contributed by atoms with van der Waals surface area (Å²) in [7, 11) is 0. The molecule has 9 heteroatoms. The Labute approximate surface area is 220 Å². The van der Waals surface area contributed by atoms with Crippen LogP contribution < -0.4 is 4.74 Å². The number of esters is 1. The van der Waals surface area contributed by atoms with Crippen molar-refractivity contribution in [3.05, 3.63) is 29.8 Å². The van der Waals surface area contributed by atoms with Crippen LogP contribution in [0.4, 0.5) is 30.7 Å². The van der Waals surface area contributed by atoms with Gasteiger partial charge in [-0.2, -0.15) is 30.7 Å². The monoisotopic (exact) mass is 552 g/mol. The van der Waals surface area contributed by atoms with E-state index >= 15 is 0 Å². The highest BCUT2D eigenvalue weighted by molar-refractivity contribution is 5.75. The van der Waals surface area contributed by atoms with Gasteiger partial charge in [-0.15, -0.1) is 0 Å². The fraction of sp³-hybridized carbons (Fsp3) is 0.759. The van der Waals surface area contributed by atoms with Gasteiger partial charge in [0, 0.05) is 6.42 Å². The highest BCUT2D eigenvalue weighted by Gasteiger charge is 2.72. The van der Waals surface area contributed by atoms with E-state index in [9.17, 15) is 35.5 Å². The van der Waals surface area contributed by atoms with E-state index in [4.69, 9.17) is 4.74 Å². The van der Waals surface area contributed by atoms with E-state index in [1.807, 2.05) is 0 Å². The van der Waals surface area contributed by atoms with Gasteiger partial charge in [-0.1, -0.05) is 57.6 Å². The molecule has 38 heavy (non-hydrogen) atoms. The lowest BCUT2D eigenvalue weighted by atomic mass is 9.68. The largest absolute Gasteiger partial charge is 0.459 e. The number of halogens is 7. The third kappa shape index (κ3) is 7.87. The molecular formula is C29H39F7O2. The minimum Gasteiger partial charge on any atom is -0.426 e. The summed E-state index contributed by atoms with van der Waals surface area (Å²) in [6, 6.07) is 5.27. The molecule has 2 saturated carbocycles. The third-order valence-corrected chi connectivity index (χ3v) is 8.56. The number of alkyl halides is 7. The molecule has 0 saturated heterocycles. The molecule has 3 rings (SSSR count). The molecular weight excluding hydrogens is 513 g/mol. The maximum absolute atomic E-state index is 13.5. The summed E-state index contributed by atoms with van der Waals surface area (Å²) in [5, 5.41) is 0. The van der Waals surface area contributed by atoms with Crippen LogP contribution in [0.5, 0.6) is 5.75 Å². The van der Waals surface area contributed by atoms with Gasteiger partial charge in [-0.3, -0.25) is 4.79 Å². The zero-order valence-corrected chi connectivity index (χ0v) is 22.0. The highest BCUT2D eigenvalue weighted by atomic mass is 19.4. The van der Waals surface area contributed by atoms with Crippen molar-refractivity contribution in [2.24, 2.45) is 23.7 Å². The van der Waals surface area contributed by atoms with Gasteiger partial charge in [-0.05, 0) is 80.4 Å². The van der Waals surface area contributed by atoms with Crippen molar-refractivity contribution in [2.45, 2.75) is 115 Å². The molecule has 0 radical (unpaired) electrons. The van der Waals surface area contributed by atoms with Gasteiger partial charge >= 0.3 is 24.0 Å². The smallest absolute Gasteiger partial charge is 0.426 e. The van der Waals surface area contributed by atoms with Crippen LogP contribution in [-0.2, 0) is 11.2 Å². The second kappa shape index (κ2) is 13.0. The summed E-state index contributed by atoms with van der Waals surface area (Å²) >= 11 is 0. The Morgan fingerprint density at radius 3 is 1.89 bits per heavy atom. The maximum Gasteiger partial charge on any atom is 0.459 e. The van der Waals surface area contributed by atoms with Crippen LogP contribution in [0.15, 0.2) is 24.3 Å². The molecule has 0 atom stereocenters. The predicted molar refractivity (Wildman–Crippen MR) is 131 cm³/mol. The zero-order chi connectivity index (χ0) is 28.0. The molecule has 0 heterocycles. The molecule has 2 nitrogen and oxygen atoms in total. The average molecular weight is 553 g/mol. The van der Waals surface area contributed by atoms with Gasteiger partial charge in [0.25, 0.3) is 0 Å². The minimum atomic E-state index is -6.33. The van der Waals surface area contributed by atoms with Crippen LogP contribution in [-0.4, -0.2) is 24.0 Å². The topological polar surface area (TPSA) is 26.3 Å². The van der Waals surface area contributed by atoms with E-state index in [-0.39, 0.29) is 23.2 Å². The lowest BCUT2D eigenvalue weighted by Gasteiger charge is -2.37. The molecule has 0 unspecified atom stereocenters. The van der Waals surface area contributed by atoms with Crippen LogP contribution in [0.25, 0.3) is 0 Å². The normalized spacial score (nSPS) is 25.3. The number of aryl methyl sites for hydroxylation is 1. The molecule has 2 aliphatic carbocycles. The molecule has 1 aromatic carbocycles. The standard InChI is InChI=1S/C29H39F7O2/c1-2-3-4-5-20-6-10-22(11-7-20)23-12-14-24(15-13-23)26(37)38-25-16-8-21(9-17-25)18-19-27(30,31)28(32,33)29(34,35)36/h8-9,16-17,20,22-24H,2-7,10-15,18-19H2,1H3. The number of hydrogen-bond donors (Lipinski definition) is 0. The Bertz CT molecular complexity index is 866. The molecule has 0 amide bonds. The van der Waals surface area contributed by atoms with Crippen LogP contribution in [0.1, 0.15) is 96.0 Å². The minimum absolute atomic E-state index is 0.142. The number of ether oxygens (including phenoxy) is 1. The maximum atomic E-state index is 13.5. The molecule has 0 aromatic heterocycles. The number of hydrogen-bond acceptors (Lipinski definition) is 2. The Morgan fingerprint density at radius 1 is 0.816 bits per heavy atom. The molecule has 1 aromatic rings. The number of carbonyl (C=O) groups excluding carboxylic acids is 1. The van der Waals surface area contributed by atoms with Gasteiger partial charge in [0.1, 0.15) is 5.75 Å². The Morgan fingerprint density at radius 2 is 1.37 bits per heavy atom. The second-order valence-electron chi connectivity index (χ2n) is 11.2. The van der Waals surface area contributed by atoms with Gasteiger partial charge < -0.3 is 4.74 Å². The van der Waals surface area contributed by atoms with Crippen LogP contribution in [0, 0.1) is 23.7 Å². The molecule has 0 spiro atoms. The Balaban J connectivity index is 1.40. The van der Waals surface area contributed by atoms with Crippen molar-refractivity contribution in [3.63, 3.8) is 0 Å². The quantitative estimate of drug-likeness (QED) is 0.118. The third-order valence-electron chi connectivity index (χ3n) is 8.56. The second-order valence-corrected chi connectivity index (χ2v) is 11.2. The zero-order valence-electron chi connectivity index (χ0n) is 22.0. The van der Waals surface area contributed by atoms with Crippen molar-refractivity contribution in [2.75, 3.05) is 0 Å². The van der Waals surface area contributed by atoms with Crippen LogP contribution in [0.2, 0.25) is 0 Å². The summed E-state index contributed by atoms with van der Waals surface area (Å²) in [4.78, 5) is 12.7. The summed E-state index contributed by atoms with van der Waals surface area (Å²) in [5.74, 6) is -9.46. The van der Waals surface area contributed by atoms with E-state index < -0.39 is 30.9 Å². The van der Waals surface area contributed by atoms with Crippen molar-refractivity contribution in [1.82, 2.24) is 0 Å². The summed E-state index contributed by atoms with van der Waals surface area (Å²) < 4.78 is 95.4. The molecule has 2 fully saturated rings. The fourth-order valence-electron chi connectivity index (χ4n) is 6.05. The molecule has 0 bridgehead atoms. The van der Waals surface area contributed by atoms with E-state index in [2.05, 4.69) is 6.92 Å². The first-order valence-electron chi connectivity index (χ1n) is 14.0.